The van der Waals surface area contributed by atoms with Crippen LogP contribution in [0.4, 0.5) is 0 Å². The third-order valence-electron chi connectivity index (χ3n) is 5.73. The van der Waals surface area contributed by atoms with Gasteiger partial charge in [0.25, 0.3) is 0 Å². The molecule has 2 nitrogen and oxygen atoms in total. The van der Waals surface area contributed by atoms with E-state index >= 15 is 0 Å². The number of para-hydroxylation sites is 1. The van der Waals surface area contributed by atoms with E-state index in [-0.39, 0.29) is 0 Å². The van der Waals surface area contributed by atoms with E-state index in [4.69, 9.17) is 4.74 Å². The predicted octanol–water partition coefficient (Wildman–Crippen LogP) is 5.61. The number of hydrogen-bond acceptors (Lipinski definition) is 2. The van der Waals surface area contributed by atoms with Gasteiger partial charge in [-0.25, -0.2) is 0 Å². The molecule has 0 radical (unpaired) electrons. The first-order valence-electron chi connectivity index (χ1n) is 10.0. The summed E-state index contributed by atoms with van der Waals surface area (Å²) >= 11 is 0. The van der Waals surface area contributed by atoms with Crippen molar-refractivity contribution in [3.8, 4) is 5.75 Å². The van der Waals surface area contributed by atoms with E-state index in [1.54, 1.807) is 5.57 Å². The van der Waals surface area contributed by atoms with Gasteiger partial charge in [-0.05, 0) is 57.3 Å². The van der Waals surface area contributed by atoms with Crippen LogP contribution >= 0.6 is 0 Å². The molecule has 0 spiro atoms. The normalized spacial score (nSPS) is 22.2. The van der Waals surface area contributed by atoms with E-state index in [0.29, 0.717) is 12.6 Å². The lowest BCUT2D eigenvalue weighted by molar-refractivity contribution is 0.121. The van der Waals surface area contributed by atoms with Crippen molar-refractivity contribution in [1.29, 1.82) is 0 Å². The largest absolute Gasteiger partial charge is 0.488 e. The number of aryl methyl sites for hydroxylation is 1. The van der Waals surface area contributed by atoms with Gasteiger partial charge in [-0.15, -0.1) is 0 Å². The van der Waals surface area contributed by atoms with Crippen LogP contribution in [0.5, 0.6) is 5.75 Å². The summed E-state index contributed by atoms with van der Waals surface area (Å²) in [7, 11) is 0. The molecule has 26 heavy (non-hydrogen) atoms. The van der Waals surface area contributed by atoms with E-state index < -0.39 is 0 Å². The molecule has 4 rings (SSSR count). The van der Waals surface area contributed by atoms with E-state index in [1.807, 2.05) is 0 Å². The lowest BCUT2D eigenvalue weighted by atomic mass is 9.86. The first-order chi connectivity index (χ1) is 12.8. The Morgan fingerprint density at radius 3 is 2.58 bits per heavy atom. The summed E-state index contributed by atoms with van der Waals surface area (Å²) in [6.45, 7) is 5.28. The minimum atomic E-state index is 0.621. The monoisotopic (exact) mass is 347 g/mol. The van der Waals surface area contributed by atoms with E-state index in [1.165, 1.54) is 61.9 Å². The van der Waals surface area contributed by atoms with Crippen LogP contribution in [0.2, 0.25) is 0 Å². The van der Waals surface area contributed by atoms with Gasteiger partial charge in [0.2, 0.25) is 0 Å². The molecule has 1 aliphatic heterocycles. The first kappa shape index (κ1) is 17.4. The lowest BCUT2D eigenvalue weighted by Crippen LogP contribution is -2.46. The quantitative estimate of drug-likeness (QED) is 0.697. The van der Waals surface area contributed by atoms with Crippen LogP contribution in [0.3, 0.4) is 0 Å². The number of ether oxygens (including phenoxy) is 1. The third kappa shape index (κ3) is 4.02. The maximum absolute atomic E-state index is 6.18. The fourth-order valence-corrected chi connectivity index (χ4v) is 4.03. The molecule has 0 N–H and O–H groups in total. The maximum Gasteiger partial charge on any atom is 0.127 e. The van der Waals surface area contributed by atoms with Crippen LogP contribution in [0.25, 0.3) is 6.08 Å². The second-order valence-electron chi connectivity index (χ2n) is 7.68. The summed E-state index contributed by atoms with van der Waals surface area (Å²) in [4.78, 5) is 2.65. The SMILES string of the molecule is Cc1ccc(COc2ccccc2/C=C2/CCCCC2N2CCC2)cc1. The fourth-order valence-electron chi connectivity index (χ4n) is 4.03. The standard InChI is InChI=1S/C24H29NO/c1-19-11-13-20(14-12-19)18-26-24-10-5-3-8-22(24)17-21-7-2-4-9-23(21)25-15-6-16-25/h3,5,8,10-14,17,23H,2,4,6-7,9,15-16,18H2,1H3/b21-17-. The zero-order chi connectivity index (χ0) is 17.8. The molecule has 136 valence electrons. The van der Waals surface area contributed by atoms with E-state index in [2.05, 4.69) is 66.4 Å². The second kappa shape index (κ2) is 8.09. The molecule has 2 heteroatoms. The van der Waals surface area contributed by atoms with Gasteiger partial charge in [0.15, 0.2) is 0 Å². The lowest BCUT2D eigenvalue weighted by Gasteiger charge is -2.42. The van der Waals surface area contributed by atoms with Crippen LogP contribution < -0.4 is 4.74 Å². The Balaban J connectivity index is 1.51. The Labute approximate surface area is 157 Å². The molecule has 2 fully saturated rings. The number of hydrogen-bond donors (Lipinski definition) is 0. The molecule has 0 aromatic heterocycles. The van der Waals surface area contributed by atoms with Gasteiger partial charge in [-0.1, -0.05) is 66.1 Å². The van der Waals surface area contributed by atoms with Gasteiger partial charge in [-0.2, -0.15) is 0 Å². The zero-order valence-corrected chi connectivity index (χ0v) is 15.8. The summed E-state index contributed by atoms with van der Waals surface area (Å²) in [5, 5.41) is 0. The molecule has 1 aliphatic carbocycles. The molecule has 2 aliphatic rings. The molecule has 0 bridgehead atoms. The Morgan fingerprint density at radius 2 is 1.81 bits per heavy atom. The molecule has 1 unspecified atom stereocenters. The highest BCUT2D eigenvalue weighted by atomic mass is 16.5. The van der Waals surface area contributed by atoms with Crippen LogP contribution in [0.15, 0.2) is 54.1 Å². The summed E-state index contributed by atoms with van der Waals surface area (Å²) in [5.41, 5.74) is 5.33. The van der Waals surface area contributed by atoms with Crippen molar-refractivity contribution in [2.24, 2.45) is 0 Å². The minimum Gasteiger partial charge on any atom is -0.488 e. The number of nitrogens with zero attached hydrogens (tertiary/aromatic N) is 1. The smallest absolute Gasteiger partial charge is 0.127 e. The van der Waals surface area contributed by atoms with Crippen molar-refractivity contribution in [2.75, 3.05) is 13.1 Å². The molecular weight excluding hydrogens is 318 g/mol. The highest BCUT2D eigenvalue weighted by molar-refractivity contribution is 5.61. The van der Waals surface area contributed by atoms with Gasteiger partial charge in [0.1, 0.15) is 12.4 Å². The molecule has 1 saturated heterocycles. The zero-order valence-electron chi connectivity index (χ0n) is 15.8. The second-order valence-corrected chi connectivity index (χ2v) is 7.68. The molecule has 1 saturated carbocycles. The van der Waals surface area contributed by atoms with E-state index in [9.17, 15) is 0 Å². The topological polar surface area (TPSA) is 12.5 Å². The summed E-state index contributed by atoms with van der Waals surface area (Å²) in [6, 6.07) is 17.7. The fraction of sp³-hybridized carbons (Fsp3) is 0.417. The molecule has 1 heterocycles. The van der Waals surface area contributed by atoms with Crippen molar-refractivity contribution in [2.45, 2.75) is 51.7 Å². The Bertz CT molecular complexity index is 758. The molecule has 2 aromatic carbocycles. The van der Waals surface area contributed by atoms with Crippen molar-refractivity contribution < 1.29 is 4.74 Å². The predicted molar refractivity (Wildman–Crippen MR) is 108 cm³/mol. The minimum absolute atomic E-state index is 0.621. The maximum atomic E-state index is 6.18. The van der Waals surface area contributed by atoms with Crippen molar-refractivity contribution in [1.82, 2.24) is 4.90 Å². The first-order valence-corrected chi connectivity index (χ1v) is 10.0. The van der Waals surface area contributed by atoms with Crippen LogP contribution in [-0.2, 0) is 6.61 Å². The highest BCUT2D eigenvalue weighted by Crippen LogP contribution is 2.33. The van der Waals surface area contributed by atoms with Crippen LogP contribution in [0.1, 0.15) is 48.8 Å². The van der Waals surface area contributed by atoms with Crippen molar-refractivity contribution in [3.63, 3.8) is 0 Å². The van der Waals surface area contributed by atoms with Gasteiger partial charge in [0, 0.05) is 11.6 Å². The number of rotatable bonds is 5. The Kier molecular flexibility index (Phi) is 5.40. The van der Waals surface area contributed by atoms with Crippen molar-refractivity contribution in [3.05, 3.63) is 70.8 Å². The molecule has 0 amide bonds. The highest BCUT2D eigenvalue weighted by Gasteiger charge is 2.28. The molecule has 2 aromatic rings. The molecule has 1 atom stereocenters. The Morgan fingerprint density at radius 1 is 1.00 bits per heavy atom. The summed E-state index contributed by atoms with van der Waals surface area (Å²) < 4.78 is 6.18. The Hall–Kier alpha value is -2.06. The average molecular weight is 348 g/mol. The number of benzene rings is 2. The van der Waals surface area contributed by atoms with Crippen molar-refractivity contribution >= 4 is 6.08 Å². The molecular formula is C24H29NO. The number of likely N-dealkylation sites (tertiary alicyclic amines) is 1. The summed E-state index contributed by atoms with van der Waals surface area (Å²) in [5.74, 6) is 0.994. The van der Waals surface area contributed by atoms with Gasteiger partial charge in [-0.3, -0.25) is 4.90 Å². The van der Waals surface area contributed by atoms with Gasteiger partial charge >= 0.3 is 0 Å². The van der Waals surface area contributed by atoms with E-state index in [0.717, 1.165) is 5.75 Å². The van der Waals surface area contributed by atoms with Crippen LogP contribution in [-0.4, -0.2) is 24.0 Å². The van der Waals surface area contributed by atoms with Crippen LogP contribution in [0, 0.1) is 6.92 Å². The van der Waals surface area contributed by atoms with Gasteiger partial charge < -0.3 is 4.74 Å². The van der Waals surface area contributed by atoms with Gasteiger partial charge in [0.05, 0.1) is 0 Å². The third-order valence-corrected chi connectivity index (χ3v) is 5.73. The summed E-state index contributed by atoms with van der Waals surface area (Å²) in [6.07, 6.45) is 9.00. The average Bonchev–Trinajstić information content (AvgIpc) is 2.62.